The molecular formula is C40H44N2O5S. The quantitative estimate of drug-likeness (QED) is 0.153. The predicted octanol–water partition coefficient (Wildman–Crippen LogP) is 8.60. The van der Waals surface area contributed by atoms with Gasteiger partial charge in [0.1, 0.15) is 23.5 Å². The lowest BCUT2D eigenvalue weighted by atomic mass is 9.75. The average Bonchev–Trinajstić information content (AvgIpc) is 3.33. The number of benzene rings is 4. The van der Waals surface area contributed by atoms with Crippen molar-refractivity contribution >= 4 is 29.0 Å². The Kier molecular flexibility index (Phi) is 10.9. The fourth-order valence-corrected chi connectivity index (χ4v) is 7.22. The summed E-state index contributed by atoms with van der Waals surface area (Å²) in [6, 6.07) is 36.7. The van der Waals surface area contributed by atoms with Crippen molar-refractivity contribution in [2.24, 2.45) is 5.92 Å². The molecule has 0 aromatic heterocycles. The van der Waals surface area contributed by atoms with E-state index in [0.29, 0.717) is 18.1 Å². The molecule has 1 heterocycles. The normalized spacial score (nSPS) is 15.8. The first kappa shape index (κ1) is 34.8. The first-order chi connectivity index (χ1) is 23.0. The number of nitrogens with zero attached hydrogens (tertiary/aromatic N) is 1. The molecule has 48 heavy (non-hydrogen) atoms. The molecule has 1 unspecified atom stereocenters. The van der Waals surface area contributed by atoms with Crippen LogP contribution < -0.4 is 10.1 Å². The number of rotatable bonds is 12. The molecule has 1 fully saturated rings. The van der Waals surface area contributed by atoms with Crippen LogP contribution >= 0.6 is 11.8 Å². The molecule has 2 atom stereocenters. The van der Waals surface area contributed by atoms with Crippen molar-refractivity contribution in [3.63, 3.8) is 0 Å². The van der Waals surface area contributed by atoms with Crippen LogP contribution in [0.1, 0.15) is 63.3 Å². The molecule has 0 radical (unpaired) electrons. The van der Waals surface area contributed by atoms with Crippen molar-refractivity contribution in [3.05, 3.63) is 138 Å². The highest BCUT2D eigenvalue weighted by Gasteiger charge is 2.53. The molecular weight excluding hydrogens is 621 g/mol. The van der Waals surface area contributed by atoms with Crippen molar-refractivity contribution in [2.75, 3.05) is 6.61 Å². The third kappa shape index (κ3) is 8.11. The van der Waals surface area contributed by atoms with Gasteiger partial charge in [-0.3, -0.25) is 14.5 Å². The minimum atomic E-state index is -1.14. The highest BCUT2D eigenvalue weighted by Crippen LogP contribution is 2.47. The summed E-state index contributed by atoms with van der Waals surface area (Å²) in [5, 5.41) is 2.06. The number of carbonyl (C=O) groups excluding carboxylic acids is 3. The topological polar surface area (TPSA) is 84.9 Å². The van der Waals surface area contributed by atoms with Gasteiger partial charge in [-0.1, -0.05) is 129 Å². The summed E-state index contributed by atoms with van der Waals surface area (Å²) < 4.78 is 11.5. The Balaban J connectivity index is 1.35. The zero-order valence-corrected chi connectivity index (χ0v) is 29.0. The van der Waals surface area contributed by atoms with E-state index in [1.807, 2.05) is 136 Å². The maximum atomic E-state index is 14.4. The van der Waals surface area contributed by atoms with Crippen molar-refractivity contribution in [3.8, 4) is 5.75 Å². The fourth-order valence-electron chi connectivity index (χ4n) is 6.16. The van der Waals surface area contributed by atoms with Gasteiger partial charge in [0, 0.05) is 0 Å². The van der Waals surface area contributed by atoms with E-state index in [9.17, 15) is 14.4 Å². The number of thioether (sulfide) groups is 1. The van der Waals surface area contributed by atoms with Gasteiger partial charge in [-0.05, 0) is 73.9 Å². The summed E-state index contributed by atoms with van der Waals surface area (Å²) >= 11 is 1.08. The Bertz CT molecular complexity index is 1580. The maximum absolute atomic E-state index is 14.4. The van der Waals surface area contributed by atoms with E-state index in [0.717, 1.165) is 40.4 Å². The molecule has 1 N–H and O–H groups in total. The molecule has 1 saturated heterocycles. The Morgan fingerprint density at radius 2 is 1.29 bits per heavy atom. The number of amides is 3. The molecule has 1 aliphatic rings. The molecule has 1 aliphatic heterocycles. The number of carbonyl (C=O) groups is 3. The Morgan fingerprint density at radius 1 is 0.792 bits per heavy atom. The minimum Gasteiger partial charge on any atom is -0.491 e. The Hall–Kier alpha value is -4.56. The van der Waals surface area contributed by atoms with Gasteiger partial charge in [0.25, 0.3) is 5.24 Å². The number of imide groups is 1. The van der Waals surface area contributed by atoms with Crippen molar-refractivity contribution in [1.82, 2.24) is 10.2 Å². The van der Waals surface area contributed by atoms with Crippen LogP contribution in [0.2, 0.25) is 0 Å². The number of nitrogens with one attached hydrogen (secondary N) is 1. The van der Waals surface area contributed by atoms with Crippen LogP contribution in [-0.2, 0) is 21.5 Å². The van der Waals surface area contributed by atoms with Gasteiger partial charge < -0.3 is 14.8 Å². The molecule has 0 spiro atoms. The molecule has 0 saturated carbocycles. The lowest BCUT2D eigenvalue weighted by Crippen LogP contribution is -2.51. The maximum Gasteiger partial charge on any atom is 0.407 e. The summed E-state index contributed by atoms with van der Waals surface area (Å²) in [7, 11) is 0. The molecule has 7 nitrogen and oxygen atoms in total. The van der Waals surface area contributed by atoms with Crippen molar-refractivity contribution in [2.45, 2.75) is 69.9 Å². The van der Waals surface area contributed by atoms with Gasteiger partial charge in [0.15, 0.2) is 0 Å². The SMILES string of the molecule is CC(C)C[C@@H](COc1ccc(CC2SC(=O)N(C(c3ccccc3)(c3ccccc3)c3ccccc3)C2=O)cc1)NC(=O)OC(C)(C)C. The van der Waals surface area contributed by atoms with E-state index in [-0.39, 0.29) is 23.8 Å². The number of alkyl carbamates (subject to hydrolysis) is 1. The van der Waals surface area contributed by atoms with Crippen LogP contribution in [0.3, 0.4) is 0 Å². The summed E-state index contributed by atoms with van der Waals surface area (Å²) in [6.45, 7) is 9.97. The van der Waals surface area contributed by atoms with Crippen molar-refractivity contribution < 1.29 is 23.9 Å². The smallest absolute Gasteiger partial charge is 0.407 e. The van der Waals surface area contributed by atoms with Gasteiger partial charge >= 0.3 is 6.09 Å². The van der Waals surface area contributed by atoms with E-state index < -0.39 is 22.5 Å². The van der Waals surface area contributed by atoms with E-state index in [1.54, 1.807) is 0 Å². The van der Waals surface area contributed by atoms with E-state index in [4.69, 9.17) is 9.47 Å². The van der Waals surface area contributed by atoms with Crippen LogP contribution in [0, 0.1) is 5.92 Å². The zero-order valence-electron chi connectivity index (χ0n) is 28.2. The van der Waals surface area contributed by atoms with Crippen LogP contribution in [-0.4, -0.2) is 45.6 Å². The second-order valence-corrected chi connectivity index (χ2v) is 14.6. The Labute approximate surface area is 288 Å². The standard InChI is InChI=1S/C40H44N2O5S/c1-28(2)25-33(41-37(44)47-39(3,4)5)27-46-34-23-21-29(22-24-34)26-35-36(43)42(38(45)48-35)40(30-15-9-6-10-16-30,31-17-11-7-12-18-31)32-19-13-8-14-20-32/h6-24,28,33,35H,25-27H2,1-5H3,(H,41,44)/t33-,35?/m0/s1. The second-order valence-electron chi connectivity index (χ2n) is 13.5. The molecule has 3 amide bonds. The summed E-state index contributed by atoms with van der Waals surface area (Å²) in [4.78, 5) is 42.3. The van der Waals surface area contributed by atoms with Crippen LogP contribution in [0.25, 0.3) is 0 Å². The van der Waals surface area contributed by atoms with Crippen molar-refractivity contribution in [1.29, 1.82) is 0 Å². The first-order valence-corrected chi connectivity index (χ1v) is 17.3. The number of ether oxygens (including phenoxy) is 2. The Morgan fingerprint density at radius 3 is 1.75 bits per heavy atom. The van der Waals surface area contributed by atoms with E-state index in [2.05, 4.69) is 19.2 Å². The molecule has 250 valence electrons. The highest BCUT2D eigenvalue weighted by molar-refractivity contribution is 8.15. The third-order valence-electron chi connectivity index (χ3n) is 8.10. The van der Waals surface area contributed by atoms with Gasteiger partial charge in [0.2, 0.25) is 5.91 Å². The van der Waals surface area contributed by atoms with Crippen LogP contribution in [0.5, 0.6) is 5.75 Å². The lowest BCUT2D eigenvalue weighted by molar-refractivity contribution is -0.129. The minimum absolute atomic E-state index is 0.219. The van der Waals surface area contributed by atoms with E-state index >= 15 is 0 Å². The first-order valence-electron chi connectivity index (χ1n) is 16.4. The van der Waals surface area contributed by atoms with Gasteiger partial charge in [0.05, 0.1) is 11.3 Å². The molecule has 5 rings (SSSR count). The molecule has 0 bridgehead atoms. The van der Waals surface area contributed by atoms with Gasteiger partial charge in [-0.2, -0.15) is 0 Å². The number of hydrogen-bond acceptors (Lipinski definition) is 6. The van der Waals surface area contributed by atoms with Gasteiger partial charge in [-0.25, -0.2) is 4.79 Å². The van der Waals surface area contributed by atoms with Crippen LogP contribution in [0.15, 0.2) is 115 Å². The summed E-state index contributed by atoms with van der Waals surface area (Å²) in [5.74, 6) is 0.772. The highest BCUT2D eigenvalue weighted by atomic mass is 32.2. The molecule has 4 aromatic carbocycles. The predicted molar refractivity (Wildman–Crippen MR) is 191 cm³/mol. The van der Waals surface area contributed by atoms with Crippen LogP contribution in [0.4, 0.5) is 9.59 Å². The molecule has 4 aromatic rings. The summed E-state index contributed by atoms with van der Waals surface area (Å²) in [6.07, 6.45) is 0.654. The zero-order chi connectivity index (χ0) is 34.3. The second kappa shape index (κ2) is 15.1. The molecule has 8 heteroatoms. The monoisotopic (exact) mass is 664 g/mol. The van der Waals surface area contributed by atoms with E-state index in [1.165, 1.54) is 4.90 Å². The van der Waals surface area contributed by atoms with Gasteiger partial charge in [-0.15, -0.1) is 0 Å². The molecule has 0 aliphatic carbocycles. The lowest BCUT2D eigenvalue weighted by Gasteiger charge is -2.42. The largest absolute Gasteiger partial charge is 0.491 e. The summed E-state index contributed by atoms with van der Waals surface area (Å²) in [5.41, 5.74) is 1.70. The third-order valence-corrected chi connectivity index (χ3v) is 9.14. The fraction of sp³-hybridized carbons (Fsp3) is 0.325. The number of hydrogen-bond donors (Lipinski definition) is 1. The average molecular weight is 665 g/mol.